The van der Waals surface area contributed by atoms with Gasteiger partial charge in [0, 0.05) is 6.54 Å². The highest BCUT2D eigenvalue weighted by molar-refractivity contribution is 7.91. The van der Waals surface area contributed by atoms with Crippen molar-refractivity contribution in [3.8, 4) is 0 Å². The zero-order valence-electron chi connectivity index (χ0n) is 17.5. The van der Waals surface area contributed by atoms with Crippen molar-refractivity contribution >= 4 is 54.8 Å². The third-order valence-electron chi connectivity index (χ3n) is 4.65. The summed E-state index contributed by atoms with van der Waals surface area (Å²) in [6.07, 6.45) is 0.653. The smallest absolute Gasteiger partial charge is 0.261 e. The first-order chi connectivity index (χ1) is 14.2. The van der Waals surface area contributed by atoms with Crippen molar-refractivity contribution in [3.05, 3.63) is 53.8 Å². The molecule has 1 amide bonds. The number of thiazole rings is 1. The van der Waals surface area contributed by atoms with Crippen LogP contribution in [0.3, 0.4) is 0 Å². The lowest BCUT2D eigenvalue weighted by Gasteiger charge is -2.22. The molecule has 0 N–H and O–H groups in total. The number of aromatic nitrogens is 1. The fraction of sp³-hybridized carbons (Fsp3) is 0.333. The van der Waals surface area contributed by atoms with Gasteiger partial charge in [-0.3, -0.25) is 9.69 Å². The number of anilines is 1. The first-order valence-electron chi connectivity index (χ1n) is 9.58. The van der Waals surface area contributed by atoms with Gasteiger partial charge in [-0.25, -0.2) is 17.8 Å². The molecule has 0 unspecified atom stereocenters. The van der Waals surface area contributed by atoms with E-state index < -0.39 is 21.6 Å². The van der Waals surface area contributed by atoms with E-state index in [2.05, 4.69) is 4.98 Å². The Balaban J connectivity index is 0.00000341. The Morgan fingerprint density at radius 1 is 1.10 bits per heavy atom. The maximum Gasteiger partial charge on any atom is 0.261 e. The molecule has 2 aromatic carbocycles. The molecule has 0 bridgehead atoms. The van der Waals surface area contributed by atoms with Gasteiger partial charge in [-0.2, -0.15) is 0 Å². The van der Waals surface area contributed by atoms with Crippen LogP contribution in [0.15, 0.2) is 47.4 Å². The van der Waals surface area contributed by atoms with Gasteiger partial charge in [0.05, 0.1) is 20.9 Å². The van der Waals surface area contributed by atoms with Crippen molar-refractivity contribution < 1.29 is 17.6 Å². The average molecular weight is 486 g/mol. The predicted molar refractivity (Wildman–Crippen MR) is 126 cm³/mol. The Morgan fingerprint density at radius 3 is 2.45 bits per heavy atom. The standard InChI is InChI=1S/C21H24FN3O3S2.ClH/c1-4-30(27,28)18-12-6-5-9-15(18)20(26)25(14-8-13-24(2)3)21-23-19-16(22)10-7-11-17(19)29-21;/h5-7,9-12H,4,8,13-14H2,1-3H3;1H. The molecular formula is C21H25ClFN3O3S2. The molecule has 168 valence electrons. The predicted octanol–water partition coefficient (Wildman–Crippen LogP) is 4.25. The van der Waals surface area contributed by atoms with Crippen LogP contribution in [0.1, 0.15) is 23.7 Å². The SMILES string of the molecule is CCS(=O)(=O)c1ccccc1C(=O)N(CCCN(C)C)c1nc2c(F)cccc2s1.Cl. The molecule has 0 saturated heterocycles. The van der Waals surface area contributed by atoms with Crippen molar-refractivity contribution in [3.63, 3.8) is 0 Å². The molecule has 1 heterocycles. The van der Waals surface area contributed by atoms with Crippen LogP contribution in [0.2, 0.25) is 0 Å². The third-order valence-corrected chi connectivity index (χ3v) is 7.48. The number of carbonyl (C=O) groups excluding carboxylic acids is 1. The second-order valence-electron chi connectivity index (χ2n) is 7.10. The number of amides is 1. The highest BCUT2D eigenvalue weighted by Gasteiger charge is 2.27. The molecule has 0 aliphatic heterocycles. The van der Waals surface area contributed by atoms with Gasteiger partial charge < -0.3 is 4.90 Å². The third kappa shape index (κ3) is 5.60. The number of hydrogen-bond acceptors (Lipinski definition) is 6. The van der Waals surface area contributed by atoms with Gasteiger partial charge in [0.25, 0.3) is 5.91 Å². The summed E-state index contributed by atoms with van der Waals surface area (Å²) in [5.74, 6) is -1.02. The Labute approximate surface area is 192 Å². The number of fused-ring (bicyclic) bond motifs is 1. The molecule has 0 fully saturated rings. The summed E-state index contributed by atoms with van der Waals surface area (Å²) in [5.41, 5.74) is 0.307. The molecule has 1 aromatic heterocycles. The van der Waals surface area contributed by atoms with E-state index in [4.69, 9.17) is 0 Å². The van der Waals surface area contributed by atoms with E-state index in [1.807, 2.05) is 19.0 Å². The number of hydrogen-bond donors (Lipinski definition) is 0. The van der Waals surface area contributed by atoms with Crippen LogP contribution in [0.5, 0.6) is 0 Å². The Morgan fingerprint density at radius 2 is 1.81 bits per heavy atom. The molecule has 0 atom stereocenters. The van der Waals surface area contributed by atoms with Crippen LogP contribution in [-0.2, 0) is 9.84 Å². The topological polar surface area (TPSA) is 70.6 Å². The summed E-state index contributed by atoms with van der Waals surface area (Å²) in [7, 11) is 0.278. The van der Waals surface area contributed by atoms with Crippen molar-refractivity contribution in [1.82, 2.24) is 9.88 Å². The summed E-state index contributed by atoms with van der Waals surface area (Å²) in [5, 5.41) is 0.350. The van der Waals surface area contributed by atoms with E-state index in [9.17, 15) is 17.6 Å². The number of rotatable bonds is 8. The monoisotopic (exact) mass is 485 g/mol. The molecule has 3 rings (SSSR count). The largest absolute Gasteiger partial charge is 0.309 e. The first-order valence-corrected chi connectivity index (χ1v) is 12.0. The normalized spacial score (nSPS) is 11.5. The van der Waals surface area contributed by atoms with Crippen molar-refractivity contribution in [2.75, 3.05) is 37.8 Å². The minimum absolute atomic E-state index is 0. The molecule has 0 aliphatic rings. The minimum Gasteiger partial charge on any atom is -0.309 e. The molecule has 0 radical (unpaired) electrons. The number of carbonyl (C=O) groups is 1. The van der Waals surface area contributed by atoms with Gasteiger partial charge in [0.15, 0.2) is 15.0 Å². The van der Waals surface area contributed by atoms with Crippen LogP contribution in [0, 0.1) is 5.82 Å². The zero-order chi connectivity index (χ0) is 21.9. The van der Waals surface area contributed by atoms with Gasteiger partial charge in [-0.1, -0.05) is 36.5 Å². The zero-order valence-corrected chi connectivity index (χ0v) is 20.0. The number of halogens is 2. The van der Waals surface area contributed by atoms with Crippen LogP contribution in [-0.4, -0.2) is 57.1 Å². The number of nitrogens with zero attached hydrogens (tertiary/aromatic N) is 3. The van der Waals surface area contributed by atoms with Gasteiger partial charge in [0.2, 0.25) is 0 Å². The van der Waals surface area contributed by atoms with Crippen molar-refractivity contribution in [2.24, 2.45) is 0 Å². The molecular weight excluding hydrogens is 461 g/mol. The highest BCUT2D eigenvalue weighted by Crippen LogP contribution is 2.32. The number of benzene rings is 2. The fourth-order valence-corrected chi connectivity index (χ4v) is 5.15. The van der Waals surface area contributed by atoms with E-state index in [1.165, 1.54) is 34.4 Å². The Bertz CT molecular complexity index is 1170. The summed E-state index contributed by atoms with van der Waals surface area (Å²) in [4.78, 5) is 21.3. The van der Waals surface area contributed by atoms with E-state index >= 15 is 0 Å². The van der Waals surface area contributed by atoms with E-state index in [0.717, 1.165) is 6.54 Å². The number of para-hydroxylation sites is 1. The maximum atomic E-state index is 14.2. The van der Waals surface area contributed by atoms with Gasteiger partial charge in [-0.15, -0.1) is 12.4 Å². The minimum atomic E-state index is -3.59. The summed E-state index contributed by atoms with van der Waals surface area (Å²) in [6, 6.07) is 10.9. The quantitative estimate of drug-likeness (QED) is 0.477. The van der Waals surface area contributed by atoms with Crippen LogP contribution < -0.4 is 4.90 Å². The van der Waals surface area contributed by atoms with Crippen LogP contribution in [0.25, 0.3) is 10.2 Å². The second kappa shape index (κ2) is 10.5. The van der Waals surface area contributed by atoms with Gasteiger partial charge >= 0.3 is 0 Å². The summed E-state index contributed by atoms with van der Waals surface area (Å²) in [6.45, 7) is 2.61. The van der Waals surface area contributed by atoms with Crippen molar-refractivity contribution in [1.29, 1.82) is 0 Å². The molecule has 10 heteroatoms. The van der Waals surface area contributed by atoms with Gasteiger partial charge in [-0.05, 0) is 51.3 Å². The second-order valence-corrected chi connectivity index (χ2v) is 10.4. The molecule has 0 saturated carbocycles. The van der Waals surface area contributed by atoms with Crippen LogP contribution >= 0.6 is 23.7 Å². The lowest BCUT2D eigenvalue weighted by molar-refractivity contribution is 0.0983. The van der Waals surface area contributed by atoms with E-state index in [-0.39, 0.29) is 34.1 Å². The lowest BCUT2D eigenvalue weighted by Crippen LogP contribution is -2.34. The van der Waals surface area contributed by atoms with E-state index in [0.29, 0.717) is 22.8 Å². The molecule has 31 heavy (non-hydrogen) atoms. The van der Waals surface area contributed by atoms with Gasteiger partial charge in [0.1, 0.15) is 11.3 Å². The summed E-state index contributed by atoms with van der Waals surface area (Å²) < 4.78 is 39.9. The Hall–Kier alpha value is -2.07. The van der Waals surface area contributed by atoms with E-state index in [1.54, 1.807) is 31.2 Å². The maximum absolute atomic E-state index is 14.2. The molecule has 3 aromatic rings. The molecule has 6 nitrogen and oxygen atoms in total. The average Bonchev–Trinajstić information content (AvgIpc) is 3.16. The lowest BCUT2D eigenvalue weighted by atomic mass is 10.2. The fourth-order valence-electron chi connectivity index (χ4n) is 3.06. The first kappa shape index (κ1) is 25.2. The number of sulfone groups is 1. The molecule has 0 spiro atoms. The summed E-state index contributed by atoms with van der Waals surface area (Å²) >= 11 is 1.21. The van der Waals surface area contributed by atoms with Crippen molar-refractivity contribution in [2.45, 2.75) is 18.2 Å². The van der Waals surface area contributed by atoms with Crippen LogP contribution in [0.4, 0.5) is 9.52 Å². The Kier molecular flexibility index (Phi) is 8.53. The molecule has 0 aliphatic carbocycles. The highest BCUT2D eigenvalue weighted by atomic mass is 35.5.